The highest BCUT2D eigenvalue weighted by Crippen LogP contribution is 2.22. The highest BCUT2D eigenvalue weighted by molar-refractivity contribution is 5.60. The number of hydrogen-bond acceptors (Lipinski definition) is 4. The Labute approximate surface area is 138 Å². The Hall–Kier alpha value is -3.02. The second-order valence-corrected chi connectivity index (χ2v) is 5.46. The molecule has 0 fully saturated rings. The topological polar surface area (TPSA) is 49.8 Å². The first kappa shape index (κ1) is 15.9. The van der Waals surface area contributed by atoms with Crippen LogP contribution in [0.3, 0.4) is 0 Å². The van der Waals surface area contributed by atoms with Gasteiger partial charge in [0.25, 0.3) is 0 Å². The molecule has 2 aromatic carbocycles. The van der Waals surface area contributed by atoms with E-state index in [4.69, 9.17) is 0 Å². The molecule has 0 amide bonds. The first-order chi connectivity index (χ1) is 11.5. The van der Waals surface area contributed by atoms with E-state index in [1.807, 2.05) is 38.1 Å². The second kappa shape index (κ2) is 6.62. The average Bonchev–Trinajstić information content (AvgIpc) is 2.49. The van der Waals surface area contributed by atoms with Crippen molar-refractivity contribution < 1.29 is 8.78 Å². The number of rotatable bonds is 4. The van der Waals surface area contributed by atoms with Gasteiger partial charge in [-0.3, -0.25) is 0 Å². The molecule has 3 rings (SSSR count). The fourth-order valence-corrected chi connectivity index (χ4v) is 2.27. The van der Waals surface area contributed by atoms with Gasteiger partial charge in [0.15, 0.2) is 0 Å². The van der Waals surface area contributed by atoms with Crippen molar-refractivity contribution in [1.29, 1.82) is 0 Å². The van der Waals surface area contributed by atoms with Gasteiger partial charge in [-0.05, 0) is 43.7 Å². The van der Waals surface area contributed by atoms with Crippen LogP contribution in [0.1, 0.15) is 11.3 Å². The molecule has 0 aliphatic heterocycles. The third-order valence-electron chi connectivity index (χ3n) is 3.32. The van der Waals surface area contributed by atoms with Crippen molar-refractivity contribution in [3.63, 3.8) is 0 Å². The average molecular weight is 326 g/mol. The van der Waals surface area contributed by atoms with E-state index in [0.717, 1.165) is 17.3 Å². The van der Waals surface area contributed by atoms with Gasteiger partial charge in [-0.1, -0.05) is 12.1 Å². The SMILES string of the molecule is Cc1cccc(Nc2nc(C)cc(Nc3ccc(F)cc3F)n2)c1. The van der Waals surface area contributed by atoms with Crippen LogP contribution in [0, 0.1) is 25.5 Å². The third kappa shape index (κ3) is 3.84. The van der Waals surface area contributed by atoms with Crippen LogP contribution in [0.15, 0.2) is 48.5 Å². The highest BCUT2D eigenvalue weighted by atomic mass is 19.1. The Morgan fingerprint density at radius 1 is 0.875 bits per heavy atom. The second-order valence-electron chi connectivity index (χ2n) is 5.46. The fraction of sp³-hybridized carbons (Fsp3) is 0.111. The number of benzene rings is 2. The maximum Gasteiger partial charge on any atom is 0.229 e. The van der Waals surface area contributed by atoms with Crippen LogP contribution >= 0.6 is 0 Å². The molecule has 1 heterocycles. The van der Waals surface area contributed by atoms with Crippen molar-refractivity contribution in [2.24, 2.45) is 0 Å². The zero-order valence-electron chi connectivity index (χ0n) is 13.3. The van der Waals surface area contributed by atoms with Gasteiger partial charge < -0.3 is 10.6 Å². The Balaban J connectivity index is 1.86. The van der Waals surface area contributed by atoms with Gasteiger partial charge in [-0.15, -0.1) is 0 Å². The molecular formula is C18H16F2N4. The molecule has 6 heteroatoms. The minimum Gasteiger partial charge on any atom is -0.338 e. The molecule has 0 aliphatic carbocycles. The summed E-state index contributed by atoms with van der Waals surface area (Å²) in [5.41, 5.74) is 2.83. The summed E-state index contributed by atoms with van der Waals surface area (Å²) in [6.07, 6.45) is 0. The lowest BCUT2D eigenvalue weighted by Gasteiger charge is -2.11. The molecule has 0 spiro atoms. The molecule has 24 heavy (non-hydrogen) atoms. The van der Waals surface area contributed by atoms with E-state index >= 15 is 0 Å². The molecule has 0 radical (unpaired) electrons. The standard InChI is InChI=1S/C18H16F2N4/c1-11-4-3-5-14(8-11)22-18-21-12(2)9-17(24-18)23-16-7-6-13(19)10-15(16)20/h3-10H,1-2H3,(H2,21,22,23,24). The smallest absolute Gasteiger partial charge is 0.229 e. The van der Waals surface area contributed by atoms with E-state index in [9.17, 15) is 8.78 Å². The molecule has 0 atom stereocenters. The zero-order chi connectivity index (χ0) is 17.1. The van der Waals surface area contributed by atoms with Crippen molar-refractivity contribution in [3.05, 3.63) is 71.4 Å². The third-order valence-corrected chi connectivity index (χ3v) is 3.32. The van der Waals surface area contributed by atoms with E-state index in [0.29, 0.717) is 17.5 Å². The summed E-state index contributed by atoms with van der Waals surface area (Å²) in [4.78, 5) is 8.64. The largest absolute Gasteiger partial charge is 0.338 e. The van der Waals surface area contributed by atoms with Crippen LogP contribution < -0.4 is 10.6 Å². The predicted octanol–water partition coefficient (Wildman–Crippen LogP) is 4.86. The molecule has 4 nitrogen and oxygen atoms in total. The van der Waals surface area contributed by atoms with E-state index in [2.05, 4.69) is 20.6 Å². The van der Waals surface area contributed by atoms with Gasteiger partial charge >= 0.3 is 0 Å². The number of anilines is 4. The Morgan fingerprint density at radius 2 is 1.71 bits per heavy atom. The van der Waals surface area contributed by atoms with Gasteiger partial charge in [0.2, 0.25) is 5.95 Å². The van der Waals surface area contributed by atoms with Gasteiger partial charge in [0, 0.05) is 23.5 Å². The summed E-state index contributed by atoms with van der Waals surface area (Å²) < 4.78 is 26.8. The van der Waals surface area contributed by atoms with E-state index < -0.39 is 11.6 Å². The summed E-state index contributed by atoms with van der Waals surface area (Å²) in [7, 11) is 0. The first-order valence-electron chi connectivity index (χ1n) is 7.41. The van der Waals surface area contributed by atoms with Gasteiger partial charge in [-0.2, -0.15) is 4.98 Å². The molecule has 0 saturated carbocycles. The van der Waals surface area contributed by atoms with Crippen LogP contribution in [0.2, 0.25) is 0 Å². The molecule has 0 bridgehead atoms. The van der Waals surface area contributed by atoms with Crippen LogP contribution in [0.25, 0.3) is 0 Å². The lowest BCUT2D eigenvalue weighted by Crippen LogP contribution is -2.03. The van der Waals surface area contributed by atoms with Gasteiger partial charge in [0.05, 0.1) is 5.69 Å². The maximum absolute atomic E-state index is 13.8. The normalized spacial score (nSPS) is 10.5. The molecular weight excluding hydrogens is 310 g/mol. The van der Waals surface area contributed by atoms with Crippen LogP contribution in [-0.4, -0.2) is 9.97 Å². The molecule has 2 N–H and O–H groups in total. The number of aryl methyl sites for hydroxylation is 2. The molecule has 122 valence electrons. The van der Waals surface area contributed by atoms with Crippen LogP contribution in [0.4, 0.5) is 31.9 Å². The Bertz CT molecular complexity index is 881. The van der Waals surface area contributed by atoms with Crippen LogP contribution in [0.5, 0.6) is 0 Å². The van der Waals surface area contributed by atoms with Gasteiger partial charge in [0.1, 0.15) is 17.5 Å². The molecule has 0 saturated heterocycles. The van der Waals surface area contributed by atoms with E-state index in [-0.39, 0.29) is 5.69 Å². The van der Waals surface area contributed by atoms with Crippen molar-refractivity contribution in [2.75, 3.05) is 10.6 Å². The van der Waals surface area contributed by atoms with Crippen molar-refractivity contribution in [2.45, 2.75) is 13.8 Å². The monoisotopic (exact) mass is 326 g/mol. The van der Waals surface area contributed by atoms with E-state index in [1.165, 1.54) is 12.1 Å². The quantitative estimate of drug-likeness (QED) is 0.719. The highest BCUT2D eigenvalue weighted by Gasteiger charge is 2.07. The molecule has 1 aromatic heterocycles. The van der Waals surface area contributed by atoms with Crippen molar-refractivity contribution in [3.8, 4) is 0 Å². The number of halogens is 2. The Morgan fingerprint density at radius 3 is 2.46 bits per heavy atom. The zero-order valence-corrected chi connectivity index (χ0v) is 13.3. The number of nitrogens with one attached hydrogen (secondary N) is 2. The molecule has 0 unspecified atom stereocenters. The molecule has 3 aromatic rings. The van der Waals surface area contributed by atoms with Crippen molar-refractivity contribution in [1.82, 2.24) is 9.97 Å². The number of nitrogens with zero attached hydrogens (tertiary/aromatic N) is 2. The summed E-state index contributed by atoms with van der Waals surface area (Å²) in [6, 6.07) is 12.8. The van der Waals surface area contributed by atoms with E-state index in [1.54, 1.807) is 6.07 Å². The minimum absolute atomic E-state index is 0.149. The first-order valence-corrected chi connectivity index (χ1v) is 7.41. The summed E-state index contributed by atoms with van der Waals surface area (Å²) in [6.45, 7) is 3.81. The summed E-state index contributed by atoms with van der Waals surface area (Å²) in [5.74, 6) is -0.494. The fourth-order valence-electron chi connectivity index (χ4n) is 2.27. The summed E-state index contributed by atoms with van der Waals surface area (Å²) >= 11 is 0. The predicted molar refractivity (Wildman–Crippen MR) is 90.9 cm³/mol. The number of hydrogen-bond donors (Lipinski definition) is 2. The summed E-state index contributed by atoms with van der Waals surface area (Å²) in [5, 5.41) is 5.96. The van der Waals surface area contributed by atoms with Gasteiger partial charge in [-0.25, -0.2) is 13.8 Å². The lowest BCUT2D eigenvalue weighted by atomic mass is 10.2. The minimum atomic E-state index is -0.681. The maximum atomic E-state index is 13.8. The van der Waals surface area contributed by atoms with Crippen molar-refractivity contribution >= 4 is 23.1 Å². The lowest BCUT2D eigenvalue weighted by molar-refractivity contribution is 0.586. The van der Waals surface area contributed by atoms with Crippen LogP contribution in [-0.2, 0) is 0 Å². The molecule has 0 aliphatic rings. The number of aromatic nitrogens is 2. The Kier molecular flexibility index (Phi) is 4.37.